The molecular formula is C20H18FN3. The van der Waals surface area contributed by atoms with Gasteiger partial charge in [0.1, 0.15) is 5.82 Å². The summed E-state index contributed by atoms with van der Waals surface area (Å²) in [5.41, 5.74) is 5.17. The number of aromatic amines is 1. The lowest BCUT2D eigenvalue weighted by Gasteiger charge is -2.12. The minimum Gasteiger partial charge on any atom is -0.278 e. The molecule has 2 aromatic carbocycles. The van der Waals surface area contributed by atoms with Gasteiger partial charge in [-0.3, -0.25) is 10.1 Å². The van der Waals surface area contributed by atoms with E-state index in [0.29, 0.717) is 5.56 Å². The lowest BCUT2D eigenvalue weighted by Crippen LogP contribution is -2.05. The minimum atomic E-state index is -0.224. The molecule has 24 heavy (non-hydrogen) atoms. The average Bonchev–Trinajstić information content (AvgIpc) is 3.05. The fourth-order valence-corrected chi connectivity index (χ4v) is 2.73. The van der Waals surface area contributed by atoms with Gasteiger partial charge in [0.2, 0.25) is 0 Å². The molecule has 0 aliphatic carbocycles. The molecule has 1 N–H and O–H groups in total. The number of H-pyrrole nitrogens is 1. The van der Waals surface area contributed by atoms with E-state index in [0.717, 1.165) is 33.3 Å². The van der Waals surface area contributed by atoms with Crippen molar-refractivity contribution in [2.24, 2.45) is 4.99 Å². The van der Waals surface area contributed by atoms with E-state index in [1.54, 1.807) is 25.3 Å². The summed E-state index contributed by atoms with van der Waals surface area (Å²) in [4.78, 5) is 4.45. The van der Waals surface area contributed by atoms with Crippen molar-refractivity contribution in [3.63, 3.8) is 0 Å². The Hall–Kier alpha value is -3.01. The standard InChI is InChI=1S/C20H18FN3/c1-4-17(14-7-9-19-16(11-14)12-23-24-19)20(22-5-2)15-6-8-18(21)13(3)10-15/h4-12H,2H2,1,3H3,(H,23,24)/b17-4-,22-20-. The van der Waals surface area contributed by atoms with Crippen molar-refractivity contribution < 1.29 is 4.39 Å². The van der Waals surface area contributed by atoms with E-state index in [9.17, 15) is 4.39 Å². The maximum Gasteiger partial charge on any atom is 0.126 e. The molecule has 0 spiro atoms. The van der Waals surface area contributed by atoms with Gasteiger partial charge in [-0.25, -0.2) is 4.39 Å². The molecule has 4 heteroatoms. The van der Waals surface area contributed by atoms with Gasteiger partial charge in [0.05, 0.1) is 17.4 Å². The maximum absolute atomic E-state index is 13.6. The Morgan fingerprint density at radius 1 is 1.21 bits per heavy atom. The first-order chi connectivity index (χ1) is 11.6. The molecule has 0 saturated heterocycles. The maximum atomic E-state index is 13.6. The van der Waals surface area contributed by atoms with Crippen LogP contribution in [-0.2, 0) is 0 Å². The highest BCUT2D eigenvalue weighted by Gasteiger charge is 2.13. The number of rotatable bonds is 4. The van der Waals surface area contributed by atoms with E-state index >= 15 is 0 Å². The molecule has 1 aromatic heterocycles. The van der Waals surface area contributed by atoms with Crippen molar-refractivity contribution in [1.82, 2.24) is 10.2 Å². The highest BCUT2D eigenvalue weighted by molar-refractivity contribution is 6.32. The van der Waals surface area contributed by atoms with Gasteiger partial charge < -0.3 is 0 Å². The topological polar surface area (TPSA) is 41.0 Å². The number of allylic oxidation sites excluding steroid dienone is 2. The lowest BCUT2D eigenvalue weighted by molar-refractivity contribution is 0.618. The lowest BCUT2D eigenvalue weighted by atomic mass is 9.94. The van der Waals surface area contributed by atoms with E-state index in [2.05, 4.69) is 27.8 Å². The third-order valence-corrected chi connectivity index (χ3v) is 3.95. The predicted molar refractivity (Wildman–Crippen MR) is 97.6 cm³/mol. The van der Waals surface area contributed by atoms with Crippen molar-refractivity contribution in [3.8, 4) is 0 Å². The Kier molecular flexibility index (Phi) is 4.38. The average molecular weight is 319 g/mol. The summed E-state index contributed by atoms with van der Waals surface area (Å²) in [5, 5.41) is 8.03. The van der Waals surface area contributed by atoms with Crippen LogP contribution in [0.2, 0.25) is 0 Å². The second-order valence-electron chi connectivity index (χ2n) is 5.50. The molecule has 0 unspecified atom stereocenters. The Labute approximate surface area is 140 Å². The molecule has 0 saturated carbocycles. The monoisotopic (exact) mass is 319 g/mol. The summed E-state index contributed by atoms with van der Waals surface area (Å²) in [5.74, 6) is -0.224. The van der Waals surface area contributed by atoms with Crippen molar-refractivity contribution in [1.29, 1.82) is 0 Å². The molecule has 3 nitrogen and oxygen atoms in total. The first-order valence-corrected chi connectivity index (χ1v) is 7.69. The molecule has 1 heterocycles. The van der Waals surface area contributed by atoms with Crippen LogP contribution in [0.1, 0.15) is 23.6 Å². The number of aliphatic imine (C=N–C) groups is 1. The largest absolute Gasteiger partial charge is 0.278 e. The molecule has 120 valence electrons. The molecule has 0 atom stereocenters. The molecule has 0 aliphatic heterocycles. The van der Waals surface area contributed by atoms with Gasteiger partial charge in [-0.1, -0.05) is 18.7 Å². The summed E-state index contributed by atoms with van der Waals surface area (Å²) in [6.45, 7) is 7.42. The predicted octanol–water partition coefficient (Wildman–Crippen LogP) is 5.05. The highest BCUT2D eigenvalue weighted by atomic mass is 19.1. The number of aromatic nitrogens is 2. The van der Waals surface area contributed by atoms with E-state index in [4.69, 9.17) is 0 Å². The van der Waals surface area contributed by atoms with Gasteiger partial charge in [-0.05, 0) is 55.3 Å². The second-order valence-corrected chi connectivity index (χ2v) is 5.50. The fourth-order valence-electron chi connectivity index (χ4n) is 2.73. The Morgan fingerprint density at radius 2 is 2.00 bits per heavy atom. The second kappa shape index (κ2) is 6.62. The van der Waals surface area contributed by atoms with E-state index in [-0.39, 0.29) is 5.82 Å². The van der Waals surface area contributed by atoms with Crippen molar-refractivity contribution >= 4 is 22.2 Å². The number of hydrogen-bond donors (Lipinski definition) is 1. The molecule has 0 amide bonds. The molecule has 3 aromatic rings. The number of aryl methyl sites for hydroxylation is 1. The van der Waals surface area contributed by atoms with Crippen LogP contribution in [0.5, 0.6) is 0 Å². The number of fused-ring (bicyclic) bond motifs is 1. The van der Waals surface area contributed by atoms with Gasteiger partial charge in [-0.15, -0.1) is 0 Å². The highest BCUT2D eigenvalue weighted by Crippen LogP contribution is 2.25. The molecule has 0 aliphatic rings. The summed E-state index contributed by atoms with van der Waals surface area (Å²) < 4.78 is 13.6. The fraction of sp³-hybridized carbons (Fsp3) is 0.100. The number of halogens is 1. The van der Waals surface area contributed by atoms with Crippen LogP contribution in [0.25, 0.3) is 16.5 Å². The Bertz CT molecular complexity index is 964. The first-order valence-electron chi connectivity index (χ1n) is 7.69. The summed E-state index contributed by atoms with van der Waals surface area (Å²) in [7, 11) is 0. The molecule has 3 rings (SSSR count). The zero-order chi connectivity index (χ0) is 17.1. The number of benzene rings is 2. The zero-order valence-corrected chi connectivity index (χ0v) is 13.7. The summed E-state index contributed by atoms with van der Waals surface area (Å²) >= 11 is 0. The molecular weight excluding hydrogens is 301 g/mol. The van der Waals surface area contributed by atoms with Gasteiger partial charge in [0.25, 0.3) is 0 Å². The summed E-state index contributed by atoms with van der Waals surface area (Å²) in [6.07, 6.45) is 5.30. The van der Waals surface area contributed by atoms with E-state index in [1.807, 2.05) is 25.1 Å². The Balaban J connectivity index is 2.13. The van der Waals surface area contributed by atoms with Gasteiger partial charge >= 0.3 is 0 Å². The van der Waals surface area contributed by atoms with Crippen LogP contribution in [0.15, 0.2) is 66.4 Å². The van der Waals surface area contributed by atoms with E-state index in [1.165, 1.54) is 12.3 Å². The van der Waals surface area contributed by atoms with E-state index < -0.39 is 0 Å². The van der Waals surface area contributed by atoms with Gasteiger partial charge in [-0.2, -0.15) is 5.10 Å². The zero-order valence-electron chi connectivity index (χ0n) is 13.7. The number of nitrogens with zero attached hydrogens (tertiary/aromatic N) is 2. The number of hydrogen-bond acceptors (Lipinski definition) is 2. The van der Waals surface area contributed by atoms with Gasteiger partial charge in [0, 0.05) is 22.7 Å². The first kappa shape index (κ1) is 15.9. The van der Waals surface area contributed by atoms with Gasteiger partial charge in [0.15, 0.2) is 0 Å². The van der Waals surface area contributed by atoms with Crippen LogP contribution in [0, 0.1) is 12.7 Å². The van der Waals surface area contributed by atoms with Crippen LogP contribution >= 0.6 is 0 Å². The number of nitrogens with one attached hydrogen (secondary N) is 1. The summed E-state index contributed by atoms with van der Waals surface area (Å²) in [6, 6.07) is 11.1. The molecule has 0 radical (unpaired) electrons. The Morgan fingerprint density at radius 3 is 2.71 bits per heavy atom. The quantitative estimate of drug-likeness (QED) is 0.672. The SMILES string of the molecule is C=C/N=C(\C(=C/C)c1ccc2[nH]ncc2c1)c1ccc(F)c(C)c1. The van der Waals surface area contributed by atoms with Crippen LogP contribution in [0.4, 0.5) is 4.39 Å². The van der Waals surface area contributed by atoms with Crippen LogP contribution < -0.4 is 0 Å². The molecule has 0 fully saturated rings. The van der Waals surface area contributed by atoms with Crippen LogP contribution in [0.3, 0.4) is 0 Å². The minimum absolute atomic E-state index is 0.224. The smallest absolute Gasteiger partial charge is 0.126 e. The third-order valence-electron chi connectivity index (χ3n) is 3.95. The van der Waals surface area contributed by atoms with Crippen LogP contribution in [-0.4, -0.2) is 15.9 Å². The third kappa shape index (κ3) is 2.91. The molecule has 0 bridgehead atoms. The van der Waals surface area contributed by atoms with Crippen molar-refractivity contribution in [2.75, 3.05) is 0 Å². The van der Waals surface area contributed by atoms with Crippen molar-refractivity contribution in [3.05, 3.63) is 84.0 Å². The normalized spacial score (nSPS) is 12.6. The van der Waals surface area contributed by atoms with Crippen molar-refractivity contribution in [2.45, 2.75) is 13.8 Å².